The van der Waals surface area contributed by atoms with Gasteiger partial charge in [0, 0.05) is 35.2 Å². The van der Waals surface area contributed by atoms with E-state index in [2.05, 4.69) is 25.6 Å². The van der Waals surface area contributed by atoms with Gasteiger partial charge in [-0.15, -0.1) is 0 Å². The van der Waals surface area contributed by atoms with Gasteiger partial charge >= 0.3 is 0 Å². The number of anilines is 3. The molecule has 0 aliphatic carbocycles. The standard InChI is InChI=1S/C22H17N5O2/c1-14(28)15-7-9-18(10-8-15)26-22-24-12-17(13-25-22)21(29)27-19-6-2-4-16-5-3-11-23-20(16)19/h2-13H,1H3,(H,27,29)(H,24,25,26). The zero-order valence-electron chi connectivity index (χ0n) is 15.6. The van der Waals surface area contributed by atoms with E-state index < -0.39 is 0 Å². The Morgan fingerprint density at radius 3 is 2.28 bits per heavy atom. The normalized spacial score (nSPS) is 10.5. The van der Waals surface area contributed by atoms with Crippen molar-refractivity contribution in [3.8, 4) is 0 Å². The molecule has 2 aromatic heterocycles. The number of Topliss-reactive ketones (excluding diaryl/α,β-unsaturated/α-hetero) is 1. The third-order valence-corrected chi connectivity index (χ3v) is 4.34. The highest BCUT2D eigenvalue weighted by Crippen LogP contribution is 2.21. The molecule has 29 heavy (non-hydrogen) atoms. The van der Waals surface area contributed by atoms with Crippen LogP contribution in [0.4, 0.5) is 17.3 Å². The van der Waals surface area contributed by atoms with E-state index in [4.69, 9.17) is 0 Å². The molecule has 142 valence electrons. The second-order valence-electron chi connectivity index (χ2n) is 6.39. The van der Waals surface area contributed by atoms with Crippen LogP contribution in [0.5, 0.6) is 0 Å². The van der Waals surface area contributed by atoms with E-state index in [-0.39, 0.29) is 11.7 Å². The van der Waals surface area contributed by atoms with Crippen molar-refractivity contribution < 1.29 is 9.59 Å². The molecule has 0 saturated heterocycles. The number of pyridine rings is 1. The van der Waals surface area contributed by atoms with Gasteiger partial charge in [0.25, 0.3) is 5.91 Å². The SMILES string of the molecule is CC(=O)c1ccc(Nc2ncc(C(=O)Nc3cccc4cccnc34)cn2)cc1. The van der Waals surface area contributed by atoms with Gasteiger partial charge in [-0.2, -0.15) is 0 Å². The number of para-hydroxylation sites is 1. The van der Waals surface area contributed by atoms with Crippen LogP contribution in [0.3, 0.4) is 0 Å². The lowest BCUT2D eigenvalue weighted by Crippen LogP contribution is -2.13. The summed E-state index contributed by atoms with van der Waals surface area (Å²) in [5.74, 6) is 0.0361. The van der Waals surface area contributed by atoms with Crippen LogP contribution >= 0.6 is 0 Å². The van der Waals surface area contributed by atoms with Crippen LogP contribution in [0, 0.1) is 0 Å². The molecule has 0 aliphatic rings. The van der Waals surface area contributed by atoms with Gasteiger partial charge in [0.2, 0.25) is 5.95 Å². The number of carbonyl (C=O) groups is 2. The topological polar surface area (TPSA) is 96.9 Å². The van der Waals surface area contributed by atoms with Gasteiger partial charge in [0.15, 0.2) is 5.78 Å². The van der Waals surface area contributed by atoms with E-state index in [9.17, 15) is 9.59 Å². The molecular weight excluding hydrogens is 366 g/mol. The summed E-state index contributed by atoms with van der Waals surface area (Å²) in [6.45, 7) is 1.52. The summed E-state index contributed by atoms with van der Waals surface area (Å²) in [5.41, 5.74) is 3.05. The highest BCUT2D eigenvalue weighted by atomic mass is 16.1. The molecule has 0 spiro atoms. The van der Waals surface area contributed by atoms with E-state index in [1.807, 2.05) is 24.3 Å². The predicted molar refractivity (Wildman–Crippen MR) is 111 cm³/mol. The number of fused-ring (bicyclic) bond motifs is 1. The first-order valence-electron chi connectivity index (χ1n) is 8.95. The maximum Gasteiger partial charge on any atom is 0.258 e. The van der Waals surface area contributed by atoms with Crippen LogP contribution in [0.25, 0.3) is 10.9 Å². The summed E-state index contributed by atoms with van der Waals surface area (Å²) in [4.78, 5) is 36.6. The Bertz CT molecular complexity index is 1180. The average molecular weight is 383 g/mol. The Hall–Kier alpha value is -4.13. The second-order valence-corrected chi connectivity index (χ2v) is 6.39. The van der Waals surface area contributed by atoms with Crippen molar-refractivity contribution in [1.82, 2.24) is 15.0 Å². The highest BCUT2D eigenvalue weighted by Gasteiger charge is 2.10. The Morgan fingerprint density at radius 1 is 0.828 bits per heavy atom. The number of rotatable bonds is 5. The van der Waals surface area contributed by atoms with Crippen LogP contribution in [0.2, 0.25) is 0 Å². The van der Waals surface area contributed by atoms with Crippen molar-refractivity contribution in [2.45, 2.75) is 6.92 Å². The summed E-state index contributed by atoms with van der Waals surface area (Å²) >= 11 is 0. The van der Waals surface area contributed by atoms with E-state index in [1.165, 1.54) is 19.3 Å². The molecule has 2 aromatic carbocycles. The third kappa shape index (κ3) is 4.08. The van der Waals surface area contributed by atoms with Gasteiger partial charge in [0.1, 0.15) is 0 Å². The van der Waals surface area contributed by atoms with Crippen LogP contribution in [0.15, 0.2) is 73.2 Å². The van der Waals surface area contributed by atoms with Crippen LogP contribution in [0.1, 0.15) is 27.6 Å². The van der Waals surface area contributed by atoms with Gasteiger partial charge in [-0.3, -0.25) is 14.6 Å². The Kier molecular flexibility index (Phi) is 4.94. The lowest BCUT2D eigenvalue weighted by molar-refractivity contribution is 0.101. The molecule has 2 heterocycles. The summed E-state index contributed by atoms with van der Waals surface area (Å²) in [6, 6.07) is 16.4. The largest absolute Gasteiger partial charge is 0.324 e. The van der Waals surface area contributed by atoms with Gasteiger partial charge < -0.3 is 10.6 Å². The number of benzene rings is 2. The van der Waals surface area contributed by atoms with Crippen molar-refractivity contribution in [2.75, 3.05) is 10.6 Å². The second kappa shape index (κ2) is 7.85. The summed E-state index contributed by atoms with van der Waals surface area (Å²) in [7, 11) is 0. The van der Waals surface area contributed by atoms with E-state index in [0.717, 1.165) is 16.6 Å². The van der Waals surface area contributed by atoms with E-state index >= 15 is 0 Å². The average Bonchev–Trinajstić information content (AvgIpc) is 2.75. The number of nitrogens with one attached hydrogen (secondary N) is 2. The number of ketones is 1. The maximum atomic E-state index is 12.6. The minimum atomic E-state index is -0.319. The first-order valence-corrected chi connectivity index (χ1v) is 8.95. The lowest BCUT2D eigenvalue weighted by atomic mass is 10.1. The molecule has 0 atom stereocenters. The Labute approximate surface area is 166 Å². The van der Waals surface area contributed by atoms with Crippen LogP contribution < -0.4 is 10.6 Å². The molecule has 0 saturated carbocycles. The van der Waals surface area contributed by atoms with Crippen molar-refractivity contribution in [2.24, 2.45) is 0 Å². The number of nitrogens with zero attached hydrogens (tertiary/aromatic N) is 3. The molecule has 4 rings (SSSR count). The smallest absolute Gasteiger partial charge is 0.258 e. The molecule has 1 amide bonds. The third-order valence-electron chi connectivity index (χ3n) is 4.34. The Balaban J connectivity index is 1.47. The number of carbonyl (C=O) groups excluding carboxylic acids is 2. The van der Waals surface area contributed by atoms with Gasteiger partial charge in [-0.1, -0.05) is 18.2 Å². The van der Waals surface area contributed by atoms with E-state index in [0.29, 0.717) is 22.8 Å². The minimum Gasteiger partial charge on any atom is -0.324 e. The van der Waals surface area contributed by atoms with Gasteiger partial charge in [0.05, 0.1) is 16.8 Å². The maximum absolute atomic E-state index is 12.6. The zero-order valence-corrected chi connectivity index (χ0v) is 15.6. The van der Waals surface area contributed by atoms with Crippen LogP contribution in [-0.2, 0) is 0 Å². The molecule has 0 bridgehead atoms. The van der Waals surface area contributed by atoms with Crippen molar-refractivity contribution in [3.05, 3.63) is 84.3 Å². The first kappa shape index (κ1) is 18.2. The minimum absolute atomic E-state index is 0.00422. The molecule has 2 N–H and O–H groups in total. The van der Waals surface area contributed by atoms with Gasteiger partial charge in [-0.05, 0) is 43.3 Å². The lowest BCUT2D eigenvalue weighted by Gasteiger charge is -2.08. The molecule has 0 radical (unpaired) electrons. The molecule has 0 fully saturated rings. The fourth-order valence-corrected chi connectivity index (χ4v) is 2.83. The number of hydrogen-bond acceptors (Lipinski definition) is 6. The first-order chi connectivity index (χ1) is 14.1. The molecule has 0 unspecified atom stereocenters. The molecule has 0 aliphatic heterocycles. The molecular formula is C22H17N5O2. The van der Waals surface area contributed by atoms with Crippen molar-refractivity contribution >= 4 is 39.9 Å². The van der Waals surface area contributed by atoms with Gasteiger partial charge in [-0.25, -0.2) is 9.97 Å². The zero-order chi connectivity index (χ0) is 20.2. The van der Waals surface area contributed by atoms with Crippen molar-refractivity contribution in [3.63, 3.8) is 0 Å². The van der Waals surface area contributed by atoms with Crippen molar-refractivity contribution in [1.29, 1.82) is 0 Å². The summed E-state index contributed by atoms with van der Waals surface area (Å²) < 4.78 is 0. The quantitative estimate of drug-likeness (QED) is 0.501. The summed E-state index contributed by atoms with van der Waals surface area (Å²) in [5, 5.41) is 6.83. The molecule has 7 nitrogen and oxygen atoms in total. The Morgan fingerprint density at radius 2 is 1.55 bits per heavy atom. The fourth-order valence-electron chi connectivity index (χ4n) is 2.83. The number of amides is 1. The van der Waals surface area contributed by atoms with E-state index in [1.54, 1.807) is 36.5 Å². The molecule has 4 aromatic rings. The number of hydrogen-bond donors (Lipinski definition) is 2. The fraction of sp³-hybridized carbons (Fsp3) is 0.0455. The molecule has 7 heteroatoms. The predicted octanol–water partition coefficient (Wildman–Crippen LogP) is 4.22. The monoisotopic (exact) mass is 383 g/mol. The number of aromatic nitrogens is 3. The summed E-state index contributed by atoms with van der Waals surface area (Å²) in [6.07, 6.45) is 4.59. The highest BCUT2D eigenvalue weighted by molar-refractivity contribution is 6.08. The van der Waals surface area contributed by atoms with Crippen LogP contribution in [-0.4, -0.2) is 26.6 Å².